The van der Waals surface area contributed by atoms with Gasteiger partial charge in [0.25, 0.3) is 0 Å². The number of piperidine rings is 1. The summed E-state index contributed by atoms with van der Waals surface area (Å²) in [5, 5.41) is 0. The van der Waals surface area contributed by atoms with E-state index in [0.29, 0.717) is 26.1 Å². The van der Waals surface area contributed by atoms with Crippen LogP contribution < -0.4 is 0 Å². The van der Waals surface area contributed by atoms with Gasteiger partial charge in [-0.1, -0.05) is 60.7 Å². The Morgan fingerprint density at radius 2 is 1.57 bits per heavy atom. The lowest BCUT2D eigenvalue weighted by molar-refractivity contribution is -0.119. The standard InChI is InChI=1S/C28H36N2O5/c1-21(31)17-24-19-29(26(32)35-28(2,3)4)16-15-25(24)30(18-22-11-7-5-8-12-22)27(33)34-20-23-13-9-6-10-14-23/h5-14,24-25H,15-20H2,1-4H3/t24-,25+/m0/s1. The number of amides is 2. The number of ether oxygens (including phenoxy) is 2. The predicted octanol–water partition coefficient (Wildman–Crippen LogP) is 5.43. The second-order valence-corrected chi connectivity index (χ2v) is 10.1. The van der Waals surface area contributed by atoms with E-state index in [1.165, 1.54) is 0 Å². The van der Waals surface area contributed by atoms with Crippen LogP contribution >= 0.6 is 0 Å². The molecule has 35 heavy (non-hydrogen) atoms. The van der Waals surface area contributed by atoms with Crippen LogP contribution in [0.3, 0.4) is 0 Å². The van der Waals surface area contributed by atoms with Crippen molar-refractivity contribution in [1.82, 2.24) is 9.80 Å². The molecule has 2 aromatic carbocycles. The molecule has 1 aliphatic rings. The van der Waals surface area contributed by atoms with Crippen LogP contribution in [0.15, 0.2) is 60.7 Å². The van der Waals surface area contributed by atoms with Crippen molar-refractivity contribution in [3.05, 3.63) is 71.8 Å². The number of carbonyl (C=O) groups excluding carboxylic acids is 3. The molecular weight excluding hydrogens is 444 g/mol. The fraction of sp³-hybridized carbons (Fsp3) is 0.464. The highest BCUT2D eigenvalue weighted by Crippen LogP contribution is 2.29. The van der Waals surface area contributed by atoms with Crippen molar-refractivity contribution >= 4 is 18.0 Å². The van der Waals surface area contributed by atoms with E-state index in [-0.39, 0.29) is 30.8 Å². The van der Waals surface area contributed by atoms with Crippen LogP contribution in [0.25, 0.3) is 0 Å². The molecule has 2 aromatic rings. The summed E-state index contributed by atoms with van der Waals surface area (Å²) in [6.45, 7) is 8.33. The Labute approximate surface area is 208 Å². The molecule has 1 saturated heterocycles. The fourth-order valence-electron chi connectivity index (χ4n) is 4.39. The van der Waals surface area contributed by atoms with Crippen molar-refractivity contribution in [1.29, 1.82) is 0 Å². The lowest BCUT2D eigenvalue weighted by Gasteiger charge is -2.43. The number of rotatable bonds is 7. The Morgan fingerprint density at radius 1 is 0.971 bits per heavy atom. The molecule has 1 fully saturated rings. The molecule has 1 heterocycles. The fourth-order valence-corrected chi connectivity index (χ4v) is 4.39. The van der Waals surface area contributed by atoms with Gasteiger partial charge in [0, 0.05) is 38.0 Å². The molecule has 0 saturated carbocycles. The van der Waals surface area contributed by atoms with Gasteiger partial charge in [-0.05, 0) is 45.2 Å². The zero-order chi connectivity index (χ0) is 25.4. The number of hydrogen-bond acceptors (Lipinski definition) is 5. The second kappa shape index (κ2) is 11.9. The van der Waals surface area contributed by atoms with Gasteiger partial charge in [0.2, 0.25) is 0 Å². The molecule has 7 nitrogen and oxygen atoms in total. The number of hydrogen-bond donors (Lipinski definition) is 0. The second-order valence-electron chi connectivity index (χ2n) is 10.1. The van der Waals surface area contributed by atoms with Gasteiger partial charge in [0.15, 0.2) is 0 Å². The largest absolute Gasteiger partial charge is 0.445 e. The first kappa shape index (κ1) is 26.3. The molecule has 0 N–H and O–H groups in total. The molecule has 0 unspecified atom stereocenters. The lowest BCUT2D eigenvalue weighted by atomic mass is 9.87. The lowest BCUT2D eigenvalue weighted by Crippen LogP contribution is -2.55. The monoisotopic (exact) mass is 480 g/mol. The topological polar surface area (TPSA) is 76.2 Å². The zero-order valence-electron chi connectivity index (χ0n) is 21.1. The molecule has 1 aliphatic heterocycles. The average Bonchev–Trinajstić information content (AvgIpc) is 2.81. The van der Waals surface area contributed by atoms with Gasteiger partial charge in [0.05, 0.1) is 0 Å². The van der Waals surface area contributed by atoms with Crippen LogP contribution in [-0.2, 0) is 27.4 Å². The van der Waals surface area contributed by atoms with Gasteiger partial charge in [0.1, 0.15) is 18.0 Å². The van der Waals surface area contributed by atoms with Gasteiger partial charge < -0.3 is 24.1 Å². The summed E-state index contributed by atoms with van der Waals surface area (Å²) in [5.41, 5.74) is 1.27. The first-order chi connectivity index (χ1) is 16.6. The molecule has 0 spiro atoms. The Hall–Kier alpha value is -3.35. The van der Waals surface area contributed by atoms with Gasteiger partial charge >= 0.3 is 12.2 Å². The molecular formula is C28H36N2O5. The summed E-state index contributed by atoms with van der Waals surface area (Å²) in [7, 11) is 0. The van der Waals surface area contributed by atoms with E-state index in [4.69, 9.17) is 9.47 Å². The number of Topliss-reactive ketones (excluding diaryl/α,β-unsaturated/α-hetero) is 1. The molecule has 0 bridgehead atoms. The van der Waals surface area contributed by atoms with Crippen molar-refractivity contribution in [3.63, 3.8) is 0 Å². The van der Waals surface area contributed by atoms with Crippen LogP contribution in [0.1, 0.15) is 51.7 Å². The molecule has 188 valence electrons. The van der Waals surface area contributed by atoms with E-state index in [2.05, 4.69) is 0 Å². The van der Waals surface area contributed by atoms with Gasteiger partial charge in [-0.25, -0.2) is 9.59 Å². The summed E-state index contributed by atoms with van der Waals surface area (Å²) in [5.74, 6) is -0.204. The summed E-state index contributed by atoms with van der Waals surface area (Å²) in [6, 6.07) is 19.0. The number of carbonyl (C=O) groups is 3. The maximum Gasteiger partial charge on any atom is 0.410 e. The van der Waals surface area contributed by atoms with Gasteiger partial charge in [-0.15, -0.1) is 0 Å². The summed E-state index contributed by atoms with van der Waals surface area (Å²) >= 11 is 0. The minimum Gasteiger partial charge on any atom is -0.445 e. The molecule has 0 aromatic heterocycles. The summed E-state index contributed by atoms with van der Waals surface area (Å²) in [4.78, 5) is 41.6. The average molecular weight is 481 g/mol. The van der Waals surface area contributed by atoms with Gasteiger partial charge in [-0.3, -0.25) is 0 Å². The normalized spacial score (nSPS) is 18.0. The SMILES string of the molecule is CC(=O)C[C@H]1CN(C(=O)OC(C)(C)C)CC[C@H]1N(Cc1ccccc1)C(=O)OCc1ccccc1. The Morgan fingerprint density at radius 3 is 2.14 bits per heavy atom. The van der Waals surface area contributed by atoms with Crippen molar-refractivity contribution in [3.8, 4) is 0 Å². The third kappa shape index (κ3) is 8.12. The molecule has 2 amide bonds. The maximum atomic E-state index is 13.4. The molecule has 0 aliphatic carbocycles. The van der Waals surface area contributed by atoms with E-state index < -0.39 is 17.8 Å². The van der Waals surface area contributed by atoms with Crippen molar-refractivity contribution in [2.75, 3.05) is 13.1 Å². The van der Waals surface area contributed by atoms with Crippen LogP contribution in [0.4, 0.5) is 9.59 Å². The number of nitrogens with zero attached hydrogens (tertiary/aromatic N) is 2. The minimum atomic E-state index is -0.607. The predicted molar refractivity (Wildman–Crippen MR) is 134 cm³/mol. The summed E-state index contributed by atoms with van der Waals surface area (Å²) in [6.07, 6.45) is -0.0289. The third-order valence-corrected chi connectivity index (χ3v) is 5.93. The molecule has 2 atom stereocenters. The molecule has 7 heteroatoms. The van der Waals surface area contributed by atoms with Gasteiger partial charge in [-0.2, -0.15) is 0 Å². The third-order valence-electron chi connectivity index (χ3n) is 5.93. The zero-order valence-corrected chi connectivity index (χ0v) is 21.1. The van der Waals surface area contributed by atoms with E-state index >= 15 is 0 Å². The van der Waals surface area contributed by atoms with Crippen molar-refractivity contribution < 1.29 is 23.9 Å². The number of likely N-dealkylation sites (tertiary alicyclic amines) is 1. The Balaban J connectivity index is 1.81. The smallest absolute Gasteiger partial charge is 0.410 e. The quantitative estimate of drug-likeness (QED) is 0.528. The van der Waals surface area contributed by atoms with Crippen molar-refractivity contribution in [2.24, 2.45) is 5.92 Å². The van der Waals surface area contributed by atoms with E-state index in [0.717, 1.165) is 11.1 Å². The Bertz CT molecular complexity index is 987. The van der Waals surface area contributed by atoms with Crippen LogP contribution in [-0.4, -0.2) is 52.5 Å². The van der Waals surface area contributed by atoms with E-state index in [1.807, 2.05) is 81.4 Å². The van der Waals surface area contributed by atoms with E-state index in [9.17, 15) is 14.4 Å². The highest BCUT2D eigenvalue weighted by Gasteiger charge is 2.39. The maximum absolute atomic E-state index is 13.4. The first-order valence-electron chi connectivity index (χ1n) is 12.1. The molecule has 3 rings (SSSR count). The first-order valence-corrected chi connectivity index (χ1v) is 12.1. The Kier molecular flexibility index (Phi) is 8.90. The highest BCUT2D eigenvalue weighted by atomic mass is 16.6. The van der Waals surface area contributed by atoms with E-state index in [1.54, 1.807) is 16.7 Å². The minimum absolute atomic E-state index is 0.0170. The van der Waals surface area contributed by atoms with Crippen LogP contribution in [0.5, 0.6) is 0 Å². The summed E-state index contributed by atoms with van der Waals surface area (Å²) < 4.78 is 11.3. The number of benzene rings is 2. The molecule has 0 radical (unpaired) electrons. The highest BCUT2D eigenvalue weighted by molar-refractivity contribution is 5.76. The van der Waals surface area contributed by atoms with Crippen LogP contribution in [0.2, 0.25) is 0 Å². The number of ketones is 1. The van der Waals surface area contributed by atoms with Crippen molar-refractivity contribution in [2.45, 2.75) is 65.3 Å². The van der Waals surface area contributed by atoms with Crippen LogP contribution in [0, 0.1) is 5.92 Å².